The fourth-order valence-electron chi connectivity index (χ4n) is 1.44. The number of benzene rings is 1. The molecule has 1 heterocycles. The van der Waals surface area contributed by atoms with E-state index < -0.39 is 0 Å². The zero-order valence-electron chi connectivity index (χ0n) is 9.86. The van der Waals surface area contributed by atoms with E-state index in [-0.39, 0.29) is 5.78 Å². The summed E-state index contributed by atoms with van der Waals surface area (Å²) in [4.78, 5) is 15.3. The summed E-state index contributed by atoms with van der Waals surface area (Å²) in [6.45, 7) is 3.65. The number of carbonyl (C=O) groups is 1. The second kappa shape index (κ2) is 5.10. The first kappa shape index (κ1) is 11.8. The zero-order chi connectivity index (χ0) is 12.3. The minimum absolute atomic E-state index is 0.00405. The Labute approximate surface area is 105 Å². The molecule has 1 aromatic carbocycles. The monoisotopic (exact) mass is 246 g/mol. The Morgan fingerprint density at radius 3 is 2.59 bits per heavy atom. The lowest BCUT2D eigenvalue weighted by Crippen LogP contribution is -1.94. The van der Waals surface area contributed by atoms with Gasteiger partial charge >= 0.3 is 0 Å². The number of nitrogens with one attached hydrogen (secondary N) is 1. The normalized spacial score (nSPS) is 10.2. The third-order valence-electron chi connectivity index (χ3n) is 2.48. The molecule has 2 rings (SSSR count). The molecule has 2 aromatic rings. The van der Waals surface area contributed by atoms with Crippen LogP contribution in [0.3, 0.4) is 0 Å². The van der Waals surface area contributed by atoms with E-state index in [0.717, 1.165) is 17.2 Å². The fourth-order valence-corrected chi connectivity index (χ4v) is 2.21. The van der Waals surface area contributed by atoms with Gasteiger partial charge in [0.25, 0.3) is 0 Å². The number of Topliss-reactive ketones (excluding diaryl/α,β-unsaturated/α-hetero) is 1. The minimum atomic E-state index is -0.00405. The maximum Gasteiger partial charge on any atom is 0.187 e. The van der Waals surface area contributed by atoms with Crippen LogP contribution in [0.5, 0.6) is 0 Å². The third kappa shape index (κ3) is 2.91. The largest absolute Gasteiger partial charge is 0.332 e. The van der Waals surface area contributed by atoms with Gasteiger partial charge < -0.3 is 5.32 Å². The van der Waals surface area contributed by atoms with Gasteiger partial charge in [-0.3, -0.25) is 4.79 Å². The lowest BCUT2D eigenvalue weighted by atomic mass is 10.1. The fraction of sp³-hybridized carbons (Fsp3) is 0.231. The molecule has 4 heteroatoms. The van der Waals surface area contributed by atoms with Gasteiger partial charge in [-0.25, -0.2) is 4.98 Å². The maximum absolute atomic E-state index is 11.1. The van der Waals surface area contributed by atoms with Crippen molar-refractivity contribution in [3.8, 4) is 0 Å². The number of nitrogens with zero attached hydrogens (tertiary/aromatic N) is 1. The smallest absolute Gasteiger partial charge is 0.187 e. The Hall–Kier alpha value is -1.68. The number of hydrogen-bond acceptors (Lipinski definition) is 4. The van der Waals surface area contributed by atoms with E-state index in [0.29, 0.717) is 5.69 Å². The van der Waals surface area contributed by atoms with Crippen molar-refractivity contribution in [2.45, 2.75) is 20.3 Å². The first-order valence-corrected chi connectivity index (χ1v) is 6.39. The molecular weight excluding hydrogens is 232 g/mol. The van der Waals surface area contributed by atoms with Crippen LogP contribution < -0.4 is 5.32 Å². The van der Waals surface area contributed by atoms with Crippen molar-refractivity contribution in [1.82, 2.24) is 4.98 Å². The standard InChI is InChI=1S/C13H14N2OS/c1-3-10-4-6-11(7-5-10)14-13-15-12(8-17-13)9(2)16/h4-8H,3H2,1-2H3,(H,14,15). The van der Waals surface area contributed by atoms with Crippen LogP contribution in [0.2, 0.25) is 0 Å². The minimum Gasteiger partial charge on any atom is -0.332 e. The molecule has 0 saturated carbocycles. The van der Waals surface area contributed by atoms with Gasteiger partial charge in [0.1, 0.15) is 5.69 Å². The maximum atomic E-state index is 11.1. The van der Waals surface area contributed by atoms with Gasteiger partial charge in [0.2, 0.25) is 0 Å². The van der Waals surface area contributed by atoms with Gasteiger partial charge in [-0.1, -0.05) is 19.1 Å². The van der Waals surface area contributed by atoms with E-state index in [2.05, 4.69) is 29.4 Å². The van der Waals surface area contributed by atoms with Gasteiger partial charge in [-0.15, -0.1) is 11.3 Å². The SMILES string of the molecule is CCc1ccc(Nc2nc(C(C)=O)cs2)cc1. The Morgan fingerprint density at radius 2 is 2.06 bits per heavy atom. The number of thiazole rings is 1. The lowest BCUT2D eigenvalue weighted by molar-refractivity contribution is 0.101. The molecule has 17 heavy (non-hydrogen) atoms. The molecule has 1 aromatic heterocycles. The molecule has 1 N–H and O–H groups in total. The van der Waals surface area contributed by atoms with Crippen LogP contribution in [-0.4, -0.2) is 10.8 Å². The third-order valence-corrected chi connectivity index (χ3v) is 3.24. The van der Waals surface area contributed by atoms with Crippen LogP contribution in [0.1, 0.15) is 29.9 Å². The molecule has 0 saturated heterocycles. The predicted octanol–water partition coefficient (Wildman–Crippen LogP) is 3.65. The van der Waals surface area contributed by atoms with Crippen molar-refractivity contribution in [3.05, 3.63) is 40.9 Å². The highest BCUT2D eigenvalue weighted by Gasteiger charge is 2.05. The van der Waals surface area contributed by atoms with Crippen LogP contribution >= 0.6 is 11.3 Å². The first-order valence-electron chi connectivity index (χ1n) is 5.51. The van der Waals surface area contributed by atoms with Gasteiger partial charge in [0.15, 0.2) is 10.9 Å². The van der Waals surface area contributed by atoms with E-state index in [4.69, 9.17) is 0 Å². The molecule has 0 bridgehead atoms. The first-order chi connectivity index (χ1) is 8.19. The molecule has 0 radical (unpaired) electrons. The molecule has 0 atom stereocenters. The van der Waals surface area contributed by atoms with Crippen molar-refractivity contribution >= 4 is 27.9 Å². The average molecular weight is 246 g/mol. The highest BCUT2D eigenvalue weighted by molar-refractivity contribution is 7.14. The van der Waals surface area contributed by atoms with E-state index in [9.17, 15) is 4.79 Å². The number of aromatic nitrogens is 1. The molecule has 0 aliphatic carbocycles. The van der Waals surface area contributed by atoms with Gasteiger partial charge in [-0.2, -0.15) is 0 Å². The van der Waals surface area contributed by atoms with E-state index in [1.165, 1.54) is 23.8 Å². The van der Waals surface area contributed by atoms with Crippen molar-refractivity contribution < 1.29 is 4.79 Å². The lowest BCUT2D eigenvalue weighted by Gasteiger charge is -2.03. The number of anilines is 2. The topological polar surface area (TPSA) is 42.0 Å². The number of ketones is 1. The molecule has 3 nitrogen and oxygen atoms in total. The molecule has 0 spiro atoms. The van der Waals surface area contributed by atoms with Crippen LogP contribution in [0, 0.1) is 0 Å². The van der Waals surface area contributed by atoms with E-state index >= 15 is 0 Å². The highest BCUT2D eigenvalue weighted by atomic mass is 32.1. The second-order valence-electron chi connectivity index (χ2n) is 3.77. The van der Waals surface area contributed by atoms with E-state index in [1.54, 1.807) is 5.38 Å². The van der Waals surface area contributed by atoms with Crippen LogP contribution in [0.25, 0.3) is 0 Å². The van der Waals surface area contributed by atoms with Crippen molar-refractivity contribution in [3.63, 3.8) is 0 Å². The average Bonchev–Trinajstić information content (AvgIpc) is 2.79. The summed E-state index contributed by atoms with van der Waals surface area (Å²) in [5.41, 5.74) is 2.81. The van der Waals surface area contributed by atoms with E-state index in [1.807, 2.05) is 12.1 Å². The molecule has 88 valence electrons. The number of rotatable bonds is 4. The van der Waals surface area contributed by atoms with Crippen molar-refractivity contribution in [2.24, 2.45) is 0 Å². The second-order valence-corrected chi connectivity index (χ2v) is 4.63. The summed E-state index contributed by atoms with van der Waals surface area (Å²) < 4.78 is 0. The molecule has 0 unspecified atom stereocenters. The molecule has 0 amide bonds. The van der Waals surface area contributed by atoms with Gasteiger partial charge in [-0.05, 0) is 24.1 Å². The summed E-state index contributed by atoms with van der Waals surface area (Å²) >= 11 is 1.44. The predicted molar refractivity (Wildman–Crippen MR) is 71.2 cm³/mol. The summed E-state index contributed by atoms with van der Waals surface area (Å²) in [6, 6.07) is 8.21. The summed E-state index contributed by atoms with van der Waals surface area (Å²) in [5.74, 6) is -0.00405. The molecule has 0 fully saturated rings. The molecule has 0 aliphatic heterocycles. The number of carbonyl (C=O) groups excluding carboxylic acids is 1. The van der Waals surface area contributed by atoms with Crippen LogP contribution in [0.4, 0.5) is 10.8 Å². The Morgan fingerprint density at radius 1 is 1.35 bits per heavy atom. The van der Waals surface area contributed by atoms with Crippen LogP contribution in [-0.2, 0) is 6.42 Å². The summed E-state index contributed by atoms with van der Waals surface area (Å²) in [5, 5.41) is 5.70. The van der Waals surface area contributed by atoms with Gasteiger partial charge in [0, 0.05) is 18.0 Å². The summed E-state index contributed by atoms with van der Waals surface area (Å²) in [6.07, 6.45) is 1.03. The van der Waals surface area contributed by atoms with Crippen molar-refractivity contribution in [1.29, 1.82) is 0 Å². The van der Waals surface area contributed by atoms with Crippen molar-refractivity contribution in [2.75, 3.05) is 5.32 Å². The zero-order valence-corrected chi connectivity index (χ0v) is 10.7. The summed E-state index contributed by atoms with van der Waals surface area (Å²) in [7, 11) is 0. The molecular formula is C13H14N2OS. The number of aryl methyl sites for hydroxylation is 1. The molecule has 0 aliphatic rings. The Balaban J connectivity index is 2.11. The van der Waals surface area contributed by atoms with Gasteiger partial charge in [0.05, 0.1) is 0 Å². The van der Waals surface area contributed by atoms with Crippen LogP contribution in [0.15, 0.2) is 29.6 Å². The Kier molecular flexibility index (Phi) is 3.54. The Bertz CT molecular complexity index is 516. The highest BCUT2D eigenvalue weighted by Crippen LogP contribution is 2.21. The quantitative estimate of drug-likeness (QED) is 0.837. The number of hydrogen-bond donors (Lipinski definition) is 1.